The van der Waals surface area contributed by atoms with E-state index in [0.717, 1.165) is 21.3 Å². The first-order chi connectivity index (χ1) is 17.7. The zero-order chi connectivity index (χ0) is 26.2. The van der Waals surface area contributed by atoms with Crippen LogP contribution in [0.2, 0.25) is 5.02 Å². The Morgan fingerprint density at radius 2 is 1.86 bits per heavy atom. The van der Waals surface area contributed by atoms with Gasteiger partial charge in [0, 0.05) is 55.1 Å². The summed E-state index contributed by atoms with van der Waals surface area (Å²) in [7, 11) is -3.70. The number of nitrogens with zero attached hydrogens (tertiary/aromatic N) is 3. The van der Waals surface area contributed by atoms with Crippen LogP contribution >= 0.6 is 22.9 Å². The molecule has 0 aliphatic carbocycles. The van der Waals surface area contributed by atoms with Crippen LogP contribution in [0.4, 0.5) is 0 Å². The summed E-state index contributed by atoms with van der Waals surface area (Å²) in [6.45, 7) is 3.66. The van der Waals surface area contributed by atoms with Crippen LogP contribution in [0.1, 0.15) is 33.7 Å². The van der Waals surface area contributed by atoms with Crippen LogP contribution in [0.15, 0.2) is 41.3 Å². The highest BCUT2D eigenvalue weighted by molar-refractivity contribution is 7.89. The van der Waals surface area contributed by atoms with Crippen LogP contribution in [-0.4, -0.2) is 73.3 Å². The number of rotatable bonds is 6. The van der Waals surface area contributed by atoms with Gasteiger partial charge in [0.1, 0.15) is 0 Å². The number of hydrogen-bond acceptors (Lipinski definition) is 8. The number of amides is 1. The largest absolute Gasteiger partial charge is 0.466 e. The van der Waals surface area contributed by atoms with Gasteiger partial charge in [0.2, 0.25) is 10.0 Å². The summed E-state index contributed by atoms with van der Waals surface area (Å²) in [5.41, 5.74) is 0.834. The van der Waals surface area contributed by atoms with E-state index in [1.807, 2.05) is 0 Å². The van der Waals surface area contributed by atoms with Gasteiger partial charge in [-0.2, -0.15) is 4.31 Å². The molecule has 1 amide bonds. The Labute approximate surface area is 224 Å². The maximum absolute atomic E-state index is 13.3. The van der Waals surface area contributed by atoms with Crippen molar-refractivity contribution in [2.75, 3.05) is 32.8 Å². The Morgan fingerprint density at radius 1 is 1.14 bits per heavy atom. The summed E-state index contributed by atoms with van der Waals surface area (Å²) in [4.78, 5) is 32.4. The van der Waals surface area contributed by atoms with E-state index < -0.39 is 10.0 Å². The molecule has 1 saturated heterocycles. The second kappa shape index (κ2) is 10.7. The van der Waals surface area contributed by atoms with E-state index in [4.69, 9.17) is 16.3 Å². The van der Waals surface area contributed by atoms with Gasteiger partial charge in [0.15, 0.2) is 5.01 Å². The van der Waals surface area contributed by atoms with Crippen LogP contribution in [0, 0.1) is 0 Å². The lowest BCUT2D eigenvalue weighted by molar-refractivity contribution is -0.143. The number of piperazine rings is 1. The van der Waals surface area contributed by atoms with Gasteiger partial charge in [0.25, 0.3) is 5.91 Å². The number of carbonyl (C=O) groups is 2. The van der Waals surface area contributed by atoms with E-state index in [2.05, 4.69) is 10.3 Å². The molecule has 2 aromatic carbocycles. The summed E-state index contributed by atoms with van der Waals surface area (Å²) >= 11 is 7.39. The van der Waals surface area contributed by atoms with E-state index in [1.165, 1.54) is 15.6 Å². The molecule has 1 fully saturated rings. The summed E-state index contributed by atoms with van der Waals surface area (Å²) in [5, 5.41) is 5.97. The third-order valence-electron chi connectivity index (χ3n) is 6.61. The van der Waals surface area contributed by atoms with Gasteiger partial charge in [0.05, 0.1) is 23.6 Å². The molecule has 12 heteroatoms. The maximum Gasteiger partial charge on any atom is 0.307 e. The SMILES string of the molecule is CCOC(=O)CC1Cc2nc(C(=O)N3CCN(S(=O)(=O)c4ccc5cc(Cl)ccc5c4)CC3)sc2CN1. The zero-order valence-electron chi connectivity index (χ0n) is 20.3. The predicted molar refractivity (Wildman–Crippen MR) is 141 cm³/mol. The smallest absolute Gasteiger partial charge is 0.307 e. The Morgan fingerprint density at radius 3 is 2.62 bits per heavy atom. The minimum atomic E-state index is -3.70. The molecule has 3 aromatic rings. The molecule has 0 bridgehead atoms. The lowest BCUT2D eigenvalue weighted by Gasteiger charge is -2.33. The molecule has 1 N–H and O–H groups in total. The number of nitrogens with one attached hydrogen (secondary N) is 1. The summed E-state index contributed by atoms with van der Waals surface area (Å²) < 4.78 is 33.0. The second-order valence-corrected chi connectivity index (χ2v) is 12.5. The monoisotopic (exact) mass is 562 g/mol. The third kappa shape index (κ3) is 5.51. The fraction of sp³-hybridized carbons (Fsp3) is 0.400. The predicted octanol–water partition coefficient (Wildman–Crippen LogP) is 3.06. The standard InChI is InChI=1S/C25H27ClN4O5S2/c1-2-35-23(31)14-19-13-21-22(15-27-19)36-24(28-21)25(32)29-7-9-30(10-8-29)37(33,34)20-6-4-16-11-18(26)5-3-17(16)12-20/h3-6,11-12,19,27H,2,7-10,13-15H2,1H3. The maximum atomic E-state index is 13.3. The van der Waals surface area contributed by atoms with Crippen LogP contribution in [0.5, 0.6) is 0 Å². The number of aromatic nitrogens is 1. The van der Waals surface area contributed by atoms with Gasteiger partial charge in [-0.3, -0.25) is 9.59 Å². The highest BCUT2D eigenvalue weighted by Gasteiger charge is 2.33. The lowest BCUT2D eigenvalue weighted by atomic mass is 10.0. The molecule has 2 aliphatic rings. The van der Waals surface area contributed by atoms with Gasteiger partial charge in [-0.15, -0.1) is 11.3 Å². The molecule has 1 aromatic heterocycles. The Kier molecular flexibility index (Phi) is 7.51. The van der Waals surface area contributed by atoms with Crippen molar-refractivity contribution < 1.29 is 22.7 Å². The Balaban J connectivity index is 1.22. The number of esters is 1. The number of fused-ring (bicyclic) bond motifs is 2. The van der Waals surface area contributed by atoms with Crippen LogP contribution < -0.4 is 5.32 Å². The van der Waals surface area contributed by atoms with E-state index >= 15 is 0 Å². The third-order valence-corrected chi connectivity index (χ3v) is 9.82. The first-order valence-corrected chi connectivity index (χ1v) is 14.7. The Hall–Kier alpha value is -2.57. The minimum absolute atomic E-state index is 0.0718. The van der Waals surface area contributed by atoms with Crippen LogP contribution in [0.3, 0.4) is 0 Å². The molecule has 0 saturated carbocycles. The van der Waals surface area contributed by atoms with Crippen molar-refractivity contribution in [1.82, 2.24) is 19.5 Å². The van der Waals surface area contributed by atoms with E-state index in [9.17, 15) is 18.0 Å². The molecular weight excluding hydrogens is 536 g/mol. The molecular formula is C25H27ClN4O5S2. The van der Waals surface area contributed by atoms with Crippen molar-refractivity contribution in [1.29, 1.82) is 0 Å². The molecule has 1 unspecified atom stereocenters. The lowest BCUT2D eigenvalue weighted by Crippen LogP contribution is -2.50. The Bertz CT molecular complexity index is 1450. The van der Waals surface area contributed by atoms with E-state index in [1.54, 1.807) is 48.2 Å². The number of hydrogen-bond donors (Lipinski definition) is 1. The zero-order valence-corrected chi connectivity index (χ0v) is 22.7. The van der Waals surface area contributed by atoms with E-state index in [0.29, 0.717) is 29.6 Å². The number of thiazole rings is 1. The number of sulfonamides is 1. The van der Waals surface area contributed by atoms with Crippen molar-refractivity contribution in [3.8, 4) is 0 Å². The van der Waals surface area contributed by atoms with E-state index in [-0.39, 0.29) is 55.4 Å². The molecule has 2 aliphatic heterocycles. The number of halogens is 1. The summed E-state index contributed by atoms with van der Waals surface area (Å²) in [6.07, 6.45) is 0.817. The van der Waals surface area contributed by atoms with Gasteiger partial charge >= 0.3 is 5.97 Å². The van der Waals surface area contributed by atoms with Crippen molar-refractivity contribution in [2.24, 2.45) is 0 Å². The minimum Gasteiger partial charge on any atom is -0.466 e. The van der Waals surface area contributed by atoms with Gasteiger partial charge in [-0.05, 0) is 42.0 Å². The van der Waals surface area contributed by atoms with Crippen LogP contribution in [-0.2, 0) is 32.5 Å². The van der Waals surface area contributed by atoms with Crippen molar-refractivity contribution in [3.63, 3.8) is 0 Å². The first-order valence-electron chi connectivity index (χ1n) is 12.1. The topological polar surface area (TPSA) is 109 Å². The van der Waals surface area contributed by atoms with Crippen molar-refractivity contribution in [2.45, 2.75) is 37.2 Å². The van der Waals surface area contributed by atoms with Crippen molar-refractivity contribution in [3.05, 3.63) is 57.0 Å². The fourth-order valence-corrected chi connectivity index (χ4v) is 7.30. The molecule has 196 valence electrons. The highest BCUT2D eigenvalue weighted by Crippen LogP contribution is 2.27. The number of carbonyl (C=O) groups excluding carboxylic acids is 2. The molecule has 37 heavy (non-hydrogen) atoms. The molecule has 1 atom stereocenters. The van der Waals surface area contributed by atoms with Gasteiger partial charge in [-0.25, -0.2) is 13.4 Å². The second-order valence-electron chi connectivity index (χ2n) is 9.03. The van der Waals surface area contributed by atoms with Crippen molar-refractivity contribution >= 4 is 55.6 Å². The van der Waals surface area contributed by atoms with Gasteiger partial charge in [-0.1, -0.05) is 23.7 Å². The summed E-state index contributed by atoms with van der Waals surface area (Å²) in [6, 6.07) is 10.3. The summed E-state index contributed by atoms with van der Waals surface area (Å²) in [5.74, 6) is -0.447. The molecule has 9 nitrogen and oxygen atoms in total. The molecule has 0 radical (unpaired) electrons. The number of ether oxygens (including phenoxy) is 1. The first kappa shape index (κ1) is 26.1. The normalized spacial score (nSPS) is 18.5. The fourth-order valence-electron chi connectivity index (χ4n) is 4.65. The average Bonchev–Trinajstić information content (AvgIpc) is 3.31. The van der Waals surface area contributed by atoms with Crippen LogP contribution in [0.25, 0.3) is 10.8 Å². The quantitative estimate of drug-likeness (QED) is 0.460. The average molecular weight is 563 g/mol. The molecule has 5 rings (SSSR count). The highest BCUT2D eigenvalue weighted by atomic mass is 35.5. The van der Waals surface area contributed by atoms with Gasteiger partial charge < -0.3 is 15.0 Å². The molecule has 0 spiro atoms. The molecule has 3 heterocycles. The number of benzene rings is 2.